The van der Waals surface area contributed by atoms with Crippen LogP contribution in [0.25, 0.3) is 0 Å². The quantitative estimate of drug-likeness (QED) is 0.531. The average Bonchev–Trinajstić information content (AvgIpc) is 2.36. The van der Waals surface area contributed by atoms with Gasteiger partial charge in [-0.05, 0) is 36.4 Å². The lowest BCUT2D eigenvalue weighted by Gasteiger charge is -2.10. The third-order valence-corrected chi connectivity index (χ3v) is 3.10. The van der Waals surface area contributed by atoms with Crippen LogP contribution in [-0.4, -0.2) is 5.78 Å². The summed E-state index contributed by atoms with van der Waals surface area (Å²) in [6.07, 6.45) is -4.88. The Labute approximate surface area is 127 Å². The van der Waals surface area contributed by atoms with Gasteiger partial charge >= 0.3 is 6.18 Å². The summed E-state index contributed by atoms with van der Waals surface area (Å²) < 4.78 is 51.1. The van der Waals surface area contributed by atoms with Gasteiger partial charge in [-0.1, -0.05) is 23.2 Å². The zero-order chi connectivity index (χ0) is 15.8. The maximum Gasteiger partial charge on any atom is 0.419 e. The fourth-order valence-electron chi connectivity index (χ4n) is 1.74. The van der Waals surface area contributed by atoms with E-state index in [0.717, 1.165) is 6.07 Å². The van der Waals surface area contributed by atoms with Crippen molar-refractivity contribution in [2.75, 3.05) is 0 Å². The second-order valence-corrected chi connectivity index (χ2v) is 5.05. The third-order valence-electron chi connectivity index (χ3n) is 2.66. The van der Waals surface area contributed by atoms with Crippen molar-refractivity contribution in [1.29, 1.82) is 0 Å². The van der Waals surface area contributed by atoms with Gasteiger partial charge in [-0.3, -0.25) is 4.79 Å². The molecule has 21 heavy (non-hydrogen) atoms. The lowest BCUT2D eigenvalue weighted by atomic mass is 10.0. The van der Waals surface area contributed by atoms with Crippen LogP contribution >= 0.6 is 23.2 Å². The minimum atomic E-state index is -4.88. The first-order valence-corrected chi connectivity index (χ1v) is 6.31. The molecular weight excluding hydrogens is 331 g/mol. The first-order chi connectivity index (χ1) is 9.68. The van der Waals surface area contributed by atoms with E-state index >= 15 is 0 Å². The molecular formula is C14H6Cl2F4O. The number of halogens is 6. The van der Waals surface area contributed by atoms with Crippen molar-refractivity contribution in [3.8, 4) is 0 Å². The Morgan fingerprint density at radius 2 is 1.48 bits per heavy atom. The van der Waals surface area contributed by atoms with Gasteiger partial charge in [0, 0.05) is 21.2 Å². The Hall–Kier alpha value is -1.59. The van der Waals surface area contributed by atoms with E-state index in [-0.39, 0.29) is 21.2 Å². The zero-order valence-corrected chi connectivity index (χ0v) is 11.7. The van der Waals surface area contributed by atoms with E-state index in [1.165, 1.54) is 18.2 Å². The molecule has 0 aliphatic carbocycles. The average molecular weight is 337 g/mol. The minimum Gasteiger partial charge on any atom is -0.289 e. The van der Waals surface area contributed by atoms with E-state index in [2.05, 4.69) is 0 Å². The molecule has 2 aromatic rings. The van der Waals surface area contributed by atoms with Crippen molar-refractivity contribution in [2.45, 2.75) is 6.18 Å². The smallest absolute Gasteiger partial charge is 0.289 e. The van der Waals surface area contributed by atoms with E-state index in [0.29, 0.717) is 12.1 Å². The van der Waals surface area contributed by atoms with E-state index in [1.807, 2.05) is 0 Å². The second-order valence-electron chi connectivity index (χ2n) is 4.18. The van der Waals surface area contributed by atoms with Crippen LogP contribution in [0.1, 0.15) is 21.5 Å². The summed E-state index contributed by atoms with van der Waals surface area (Å²) in [7, 11) is 0. The number of carbonyl (C=O) groups excluding carboxylic acids is 1. The molecule has 2 aromatic carbocycles. The zero-order valence-electron chi connectivity index (χ0n) is 10.1. The molecule has 1 nitrogen and oxygen atoms in total. The van der Waals surface area contributed by atoms with Gasteiger partial charge in [0.05, 0.1) is 5.56 Å². The summed E-state index contributed by atoms with van der Waals surface area (Å²) in [5, 5.41) is 0.341. The van der Waals surface area contributed by atoms with Crippen molar-refractivity contribution >= 4 is 29.0 Å². The molecule has 0 bridgehead atoms. The van der Waals surface area contributed by atoms with Crippen LogP contribution in [0.2, 0.25) is 10.0 Å². The van der Waals surface area contributed by atoms with E-state index < -0.39 is 23.3 Å². The molecule has 0 saturated carbocycles. The molecule has 0 atom stereocenters. The van der Waals surface area contributed by atoms with Crippen molar-refractivity contribution < 1.29 is 22.4 Å². The van der Waals surface area contributed by atoms with Crippen LogP contribution in [0.3, 0.4) is 0 Å². The first-order valence-electron chi connectivity index (χ1n) is 5.56. The van der Waals surface area contributed by atoms with Gasteiger partial charge in [0.15, 0.2) is 5.78 Å². The summed E-state index contributed by atoms with van der Waals surface area (Å²) in [4.78, 5) is 12.1. The van der Waals surface area contributed by atoms with Crippen molar-refractivity contribution in [1.82, 2.24) is 0 Å². The molecule has 0 spiro atoms. The van der Waals surface area contributed by atoms with Crippen LogP contribution < -0.4 is 0 Å². The summed E-state index contributed by atoms with van der Waals surface area (Å²) in [5.41, 5.74) is -1.78. The Kier molecular flexibility index (Phi) is 4.25. The van der Waals surface area contributed by atoms with Gasteiger partial charge in [-0.2, -0.15) is 13.2 Å². The predicted octanol–water partition coefficient (Wildman–Crippen LogP) is 5.38. The van der Waals surface area contributed by atoms with Crippen LogP contribution in [0.5, 0.6) is 0 Å². The van der Waals surface area contributed by atoms with Gasteiger partial charge in [0.2, 0.25) is 0 Å². The molecule has 7 heteroatoms. The Balaban J connectivity index is 2.49. The molecule has 0 fully saturated rings. The highest BCUT2D eigenvalue weighted by atomic mass is 35.5. The van der Waals surface area contributed by atoms with Gasteiger partial charge in [0.1, 0.15) is 5.82 Å². The molecule has 0 aromatic heterocycles. The molecule has 110 valence electrons. The first kappa shape index (κ1) is 15.8. The summed E-state index contributed by atoms with van der Waals surface area (Å²) in [5.74, 6) is -2.17. The maximum absolute atomic E-state index is 13.2. The number of hydrogen-bond acceptors (Lipinski definition) is 1. The number of hydrogen-bond donors (Lipinski definition) is 0. The van der Waals surface area contributed by atoms with Crippen LogP contribution in [0.15, 0.2) is 36.4 Å². The largest absolute Gasteiger partial charge is 0.419 e. The number of ketones is 1. The van der Waals surface area contributed by atoms with Crippen molar-refractivity contribution in [2.24, 2.45) is 0 Å². The Bertz CT molecular complexity index is 690. The predicted molar refractivity (Wildman–Crippen MR) is 71.3 cm³/mol. The van der Waals surface area contributed by atoms with E-state index in [9.17, 15) is 22.4 Å². The van der Waals surface area contributed by atoms with E-state index in [4.69, 9.17) is 23.2 Å². The highest BCUT2D eigenvalue weighted by Gasteiger charge is 2.34. The molecule has 0 N–H and O–H groups in total. The second kappa shape index (κ2) is 5.66. The molecule has 0 aliphatic rings. The number of rotatable bonds is 2. The highest BCUT2D eigenvalue weighted by Crippen LogP contribution is 2.32. The van der Waals surface area contributed by atoms with Crippen LogP contribution in [0.4, 0.5) is 17.6 Å². The molecule has 0 amide bonds. The monoisotopic (exact) mass is 336 g/mol. The SMILES string of the molecule is O=C(c1cc(Cl)cc(Cl)c1)c1ccc(F)c(C(F)(F)F)c1. The van der Waals surface area contributed by atoms with Gasteiger partial charge in [0.25, 0.3) is 0 Å². The molecule has 0 aliphatic heterocycles. The molecule has 0 heterocycles. The summed E-state index contributed by atoms with van der Waals surface area (Å²) in [6.45, 7) is 0. The van der Waals surface area contributed by atoms with Gasteiger partial charge in [-0.15, -0.1) is 0 Å². The molecule has 0 radical (unpaired) electrons. The summed E-state index contributed by atoms with van der Waals surface area (Å²) in [6, 6.07) is 5.96. The lowest BCUT2D eigenvalue weighted by molar-refractivity contribution is -0.140. The highest BCUT2D eigenvalue weighted by molar-refractivity contribution is 6.35. The summed E-state index contributed by atoms with van der Waals surface area (Å²) >= 11 is 11.5. The number of alkyl halides is 3. The minimum absolute atomic E-state index is 0.0206. The Morgan fingerprint density at radius 1 is 0.905 bits per heavy atom. The molecule has 0 saturated heterocycles. The van der Waals surface area contributed by atoms with E-state index in [1.54, 1.807) is 0 Å². The standard InChI is InChI=1S/C14H6Cl2F4O/c15-9-3-8(4-10(16)6-9)13(21)7-1-2-12(17)11(5-7)14(18,19)20/h1-6H. The van der Waals surface area contributed by atoms with Crippen molar-refractivity contribution in [3.63, 3.8) is 0 Å². The maximum atomic E-state index is 13.2. The lowest BCUT2D eigenvalue weighted by Crippen LogP contribution is -2.11. The Morgan fingerprint density at radius 3 is 2.00 bits per heavy atom. The fourth-order valence-corrected chi connectivity index (χ4v) is 2.26. The number of benzene rings is 2. The van der Waals surface area contributed by atoms with Gasteiger partial charge < -0.3 is 0 Å². The van der Waals surface area contributed by atoms with Crippen LogP contribution in [-0.2, 0) is 6.18 Å². The normalized spacial score (nSPS) is 11.5. The topological polar surface area (TPSA) is 17.1 Å². The van der Waals surface area contributed by atoms with Crippen molar-refractivity contribution in [3.05, 3.63) is 69.0 Å². The third kappa shape index (κ3) is 3.54. The number of carbonyl (C=O) groups is 1. The molecule has 2 rings (SSSR count). The van der Waals surface area contributed by atoms with Gasteiger partial charge in [-0.25, -0.2) is 4.39 Å². The molecule has 0 unspecified atom stereocenters. The fraction of sp³-hybridized carbons (Fsp3) is 0.0714. The van der Waals surface area contributed by atoms with Crippen LogP contribution in [0, 0.1) is 5.82 Å².